The van der Waals surface area contributed by atoms with Crippen molar-refractivity contribution in [3.05, 3.63) is 91.0 Å². The summed E-state index contributed by atoms with van der Waals surface area (Å²) in [6.45, 7) is -0.907. The molecule has 0 fully saturated rings. The molecule has 2 aromatic heterocycles. The highest BCUT2D eigenvalue weighted by molar-refractivity contribution is 5.38. The number of benzene rings is 2. The monoisotopic (exact) mass is 433 g/mol. The van der Waals surface area contributed by atoms with Crippen molar-refractivity contribution in [1.29, 1.82) is 0 Å². The van der Waals surface area contributed by atoms with E-state index < -0.39 is 35.5 Å². The van der Waals surface area contributed by atoms with E-state index >= 15 is 8.78 Å². The van der Waals surface area contributed by atoms with E-state index in [1.54, 1.807) is 17.0 Å². The van der Waals surface area contributed by atoms with Gasteiger partial charge < -0.3 is 14.4 Å². The number of alkyl halides is 2. The van der Waals surface area contributed by atoms with Crippen LogP contribution in [0.25, 0.3) is 5.69 Å². The summed E-state index contributed by atoms with van der Waals surface area (Å²) in [5.74, 6) is -2.63. The Hall–Kier alpha value is -3.73. The number of rotatable bonds is 7. The maximum absolute atomic E-state index is 15.3. The normalized spacial score (nSPS) is 13.7. The Bertz CT molecular complexity index is 1150. The van der Waals surface area contributed by atoms with Crippen LogP contribution >= 0.6 is 0 Å². The summed E-state index contributed by atoms with van der Waals surface area (Å²) in [5, 5.41) is 14.7. The Balaban J connectivity index is 1.69. The molecule has 11 heteroatoms. The fraction of sp³-hybridized carbons (Fsp3) is 0.150. The fourth-order valence-electron chi connectivity index (χ4n) is 3.04. The van der Waals surface area contributed by atoms with Crippen LogP contribution < -0.4 is 4.74 Å². The van der Waals surface area contributed by atoms with E-state index in [1.165, 1.54) is 30.6 Å². The summed E-state index contributed by atoms with van der Waals surface area (Å²) in [6.07, 6.45) is 2.54. The van der Waals surface area contributed by atoms with Crippen molar-refractivity contribution in [2.24, 2.45) is 0 Å². The van der Waals surface area contributed by atoms with E-state index in [9.17, 15) is 13.9 Å². The topological polar surface area (TPSA) is 78.0 Å². The molecule has 0 bridgehead atoms. The van der Waals surface area contributed by atoms with Gasteiger partial charge in [-0.3, -0.25) is 0 Å². The summed E-state index contributed by atoms with van der Waals surface area (Å²) in [6, 6.07) is 7.43. The molecule has 1 N–H and O–H groups in total. The van der Waals surface area contributed by atoms with Crippen LogP contribution in [0.5, 0.6) is 5.75 Å². The second kappa shape index (κ2) is 7.84. The maximum Gasteiger partial charge on any atom is 0.433 e. The third kappa shape index (κ3) is 3.99. The Morgan fingerprint density at radius 2 is 1.77 bits per heavy atom. The zero-order valence-electron chi connectivity index (χ0n) is 15.7. The molecular weight excluding hydrogens is 418 g/mol. The van der Waals surface area contributed by atoms with Gasteiger partial charge in [0, 0.05) is 29.7 Å². The molecule has 0 aliphatic rings. The first kappa shape index (κ1) is 20.5. The Morgan fingerprint density at radius 3 is 2.39 bits per heavy atom. The van der Waals surface area contributed by atoms with E-state index in [1.807, 2.05) is 0 Å². The molecular formula is C20H15F4N5O2. The van der Waals surface area contributed by atoms with E-state index in [4.69, 9.17) is 4.74 Å². The minimum absolute atomic E-state index is 0.284. The summed E-state index contributed by atoms with van der Waals surface area (Å²) < 4.78 is 65.6. The molecule has 4 rings (SSSR count). The summed E-state index contributed by atoms with van der Waals surface area (Å²) in [5.41, 5.74) is -3.46. The van der Waals surface area contributed by atoms with Crippen molar-refractivity contribution >= 4 is 0 Å². The number of hydrogen-bond acceptors (Lipinski definition) is 5. The number of nitrogens with zero attached hydrogens (tertiary/aromatic N) is 5. The second-order valence-corrected chi connectivity index (χ2v) is 6.66. The highest BCUT2D eigenvalue weighted by Crippen LogP contribution is 2.42. The molecule has 31 heavy (non-hydrogen) atoms. The van der Waals surface area contributed by atoms with Gasteiger partial charge in [-0.25, -0.2) is 23.4 Å². The molecule has 0 aliphatic carbocycles. The molecule has 0 spiro atoms. The fourth-order valence-corrected chi connectivity index (χ4v) is 3.04. The van der Waals surface area contributed by atoms with Gasteiger partial charge in [-0.2, -0.15) is 13.9 Å². The van der Waals surface area contributed by atoms with Gasteiger partial charge in [0.15, 0.2) is 0 Å². The number of aliphatic hydroxyl groups is 1. The molecule has 0 radical (unpaired) electrons. The molecule has 0 saturated carbocycles. The Kier molecular flexibility index (Phi) is 5.19. The van der Waals surface area contributed by atoms with Crippen molar-refractivity contribution < 1.29 is 27.4 Å². The molecule has 2 heterocycles. The predicted molar refractivity (Wildman–Crippen MR) is 99.4 cm³/mol. The molecule has 2 aromatic carbocycles. The second-order valence-electron chi connectivity index (χ2n) is 6.66. The van der Waals surface area contributed by atoms with Crippen LogP contribution in [0.4, 0.5) is 17.6 Å². The number of imidazole rings is 1. The van der Waals surface area contributed by atoms with Gasteiger partial charge in [0.05, 0.1) is 12.9 Å². The van der Waals surface area contributed by atoms with Gasteiger partial charge in [-0.05, 0) is 36.4 Å². The van der Waals surface area contributed by atoms with Crippen molar-refractivity contribution in [2.75, 3.05) is 0 Å². The third-order valence-electron chi connectivity index (χ3n) is 4.60. The van der Waals surface area contributed by atoms with Crippen LogP contribution in [0.3, 0.4) is 0 Å². The smallest absolute Gasteiger partial charge is 0.430 e. The average molecular weight is 433 g/mol. The van der Waals surface area contributed by atoms with Crippen LogP contribution in [0, 0.1) is 11.6 Å². The lowest BCUT2D eigenvalue weighted by Gasteiger charge is -2.35. The lowest BCUT2D eigenvalue weighted by atomic mass is 9.91. The number of ether oxygens (including phenoxy) is 1. The average Bonchev–Trinajstić information content (AvgIpc) is 3.42. The molecule has 160 valence electrons. The van der Waals surface area contributed by atoms with E-state index in [0.29, 0.717) is 11.8 Å². The third-order valence-corrected chi connectivity index (χ3v) is 4.60. The molecule has 7 nitrogen and oxygen atoms in total. The van der Waals surface area contributed by atoms with Gasteiger partial charge >= 0.3 is 6.11 Å². The van der Waals surface area contributed by atoms with Crippen LogP contribution in [0.15, 0.2) is 73.8 Å². The Morgan fingerprint density at radius 1 is 1.00 bits per heavy atom. The largest absolute Gasteiger partial charge is 0.433 e. The van der Waals surface area contributed by atoms with Gasteiger partial charge in [0.1, 0.15) is 30.0 Å². The van der Waals surface area contributed by atoms with Crippen molar-refractivity contribution in [3.8, 4) is 11.4 Å². The number of hydrogen-bond donors (Lipinski definition) is 1. The Labute approximate surface area is 173 Å². The molecule has 1 unspecified atom stereocenters. The van der Waals surface area contributed by atoms with E-state index in [-0.39, 0.29) is 5.75 Å². The molecule has 0 saturated heterocycles. The van der Waals surface area contributed by atoms with Crippen LogP contribution in [0.1, 0.15) is 5.56 Å². The maximum atomic E-state index is 15.3. The summed E-state index contributed by atoms with van der Waals surface area (Å²) in [7, 11) is 0. The van der Waals surface area contributed by atoms with Gasteiger partial charge in [0.2, 0.25) is 5.60 Å². The summed E-state index contributed by atoms with van der Waals surface area (Å²) in [4.78, 5) is 7.53. The lowest BCUT2D eigenvalue weighted by Crippen LogP contribution is -2.52. The van der Waals surface area contributed by atoms with Gasteiger partial charge in [-0.1, -0.05) is 0 Å². The van der Waals surface area contributed by atoms with E-state index in [2.05, 4.69) is 15.1 Å². The summed E-state index contributed by atoms with van der Waals surface area (Å²) >= 11 is 0. The standard InChI is InChI=1S/C20H15F4N5O2/c21-14-1-6-17(18(22)9-14)19(30,10-29-13-26-11-27-29)20(23,24)31-16-4-2-15(3-5-16)28-8-7-25-12-28/h1-9,11-13,30H,10H2. The number of halogens is 4. The number of aromatic nitrogens is 5. The van der Waals surface area contributed by atoms with Crippen molar-refractivity contribution in [3.63, 3.8) is 0 Å². The van der Waals surface area contributed by atoms with Gasteiger partial charge in [-0.15, -0.1) is 0 Å². The highest BCUT2D eigenvalue weighted by Gasteiger charge is 2.58. The first-order valence-electron chi connectivity index (χ1n) is 8.94. The van der Waals surface area contributed by atoms with Crippen molar-refractivity contribution in [1.82, 2.24) is 24.3 Å². The highest BCUT2D eigenvalue weighted by atomic mass is 19.3. The van der Waals surface area contributed by atoms with E-state index in [0.717, 1.165) is 29.5 Å². The van der Waals surface area contributed by atoms with Crippen molar-refractivity contribution in [2.45, 2.75) is 18.3 Å². The first-order chi connectivity index (χ1) is 14.8. The first-order valence-corrected chi connectivity index (χ1v) is 8.94. The van der Waals surface area contributed by atoms with Crippen LogP contribution in [0.2, 0.25) is 0 Å². The van der Waals surface area contributed by atoms with Gasteiger partial charge in [0.25, 0.3) is 0 Å². The zero-order chi connectivity index (χ0) is 22.1. The van der Waals surface area contributed by atoms with Crippen LogP contribution in [-0.4, -0.2) is 35.5 Å². The zero-order valence-corrected chi connectivity index (χ0v) is 15.7. The van der Waals surface area contributed by atoms with Crippen LogP contribution in [-0.2, 0) is 12.1 Å². The lowest BCUT2D eigenvalue weighted by molar-refractivity contribution is -0.301. The predicted octanol–water partition coefficient (Wildman–Crippen LogP) is 3.30. The minimum atomic E-state index is -4.34. The molecule has 1 atom stereocenters. The SMILES string of the molecule is OC(Cn1cncn1)(c1ccc(F)cc1F)C(F)(F)Oc1ccc(-n2ccnc2)cc1. The minimum Gasteiger partial charge on any atom is -0.430 e. The molecule has 0 aliphatic heterocycles. The molecule has 4 aromatic rings. The molecule has 0 amide bonds. The quantitative estimate of drug-likeness (QED) is 0.453.